The van der Waals surface area contributed by atoms with Crippen LogP contribution < -0.4 is 5.32 Å². The molecule has 0 atom stereocenters. The number of rotatable bonds is 3. The molecule has 2 rings (SSSR count). The third-order valence-corrected chi connectivity index (χ3v) is 2.58. The van der Waals surface area contributed by atoms with Crippen molar-refractivity contribution in [3.05, 3.63) is 71.6 Å². The predicted octanol–water partition coefficient (Wildman–Crippen LogP) is 3.37. The molecule has 1 N–H and O–H groups in total. The van der Waals surface area contributed by atoms with E-state index in [0.717, 1.165) is 0 Å². The Labute approximate surface area is 116 Å². The topological polar surface area (TPSA) is 52.9 Å². The summed E-state index contributed by atoms with van der Waals surface area (Å²) >= 11 is 0. The molecule has 0 aliphatic heterocycles. The lowest BCUT2D eigenvalue weighted by Crippen LogP contribution is -2.13. The van der Waals surface area contributed by atoms with Gasteiger partial charge in [-0.1, -0.05) is 30.3 Å². The van der Waals surface area contributed by atoms with Crippen molar-refractivity contribution in [2.24, 2.45) is 0 Å². The molecule has 2 aromatic carbocycles. The van der Waals surface area contributed by atoms with E-state index in [9.17, 15) is 9.18 Å². The molecular weight excluding hydrogens is 255 g/mol. The monoisotopic (exact) mass is 266 g/mol. The van der Waals surface area contributed by atoms with E-state index >= 15 is 0 Å². The average Bonchev–Trinajstić information content (AvgIpc) is 2.47. The molecule has 98 valence electrons. The number of carbonyl (C=O) groups excluding carboxylic acids is 1. The SMILES string of the molecule is N#CC(=Cc1ccc(F)cc1)C(=O)Nc1ccccc1. The molecule has 4 heteroatoms. The first-order valence-corrected chi connectivity index (χ1v) is 5.93. The van der Waals surface area contributed by atoms with Gasteiger partial charge < -0.3 is 5.32 Å². The molecule has 0 fully saturated rings. The summed E-state index contributed by atoms with van der Waals surface area (Å²) < 4.78 is 12.8. The molecule has 2 aromatic rings. The van der Waals surface area contributed by atoms with Crippen molar-refractivity contribution >= 4 is 17.7 Å². The van der Waals surface area contributed by atoms with Crippen LogP contribution in [-0.4, -0.2) is 5.91 Å². The quantitative estimate of drug-likeness (QED) is 0.684. The molecule has 20 heavy (non-hydrogen) atoms. The van der Waals surface area contributed by atoms with Crippen LogP contribution in [0.5, 0.6) is 0 Å². The van der Waals surface area contributed by atoms with Gasteiger partial charge in [0.15, 0.2) is 0 Å². The fourth-order valence-electron chi connectivity index (χ4n) is 1.59. The Hall–Kier alpha value is -2.93. The van der Waals surface area contributed by atoms with Crippen molar-refractivity contribution in [1.82, 2.24) is 0 Å². The van der Waals surface area contributed by atoms with E-state index in [0.29, 0.717) is 11.3 Å². The smallest absolute Gasteiger partial charge is 0.266 e. The van der Waals surface area contributed by atoms with E-state index < -0.39 is 5.91 Å². The maximum atomic E-state index is 12.8. The van der Waals surface area contributed by atoms with Gasteiger partial charge in [-0.25, -0.2) is 4.39 Å². The summed E-state index contributed by atoms with van der Waals surface area (Å²) in [7, 11) is 0. The summed E-state index contributed by atoms with van der Waals surface area (Å²) in [5.41, 5.74) is 1.16. The van der Waals surface area contributed by atoms with Crippen LogP contribution in [0.15, 0.2) is 60.2 Å². The maximum Gasteiger partial charge on any atom is 0.266 e. The van der Waals surface area contributed by atoms with Gasteiger partial charge in [0.25, 0.3) is 5.91 Å². The Morgan fingerprint density at radius 2 is 1.75 bits per heavy atom. The number of benzene rings is 2. The number of nitriles is 1. The molecular formula is C16H11FN2O. The zero-order chi connectivity index (χ0) is 14.4. The number of amides is 1. The van der Waals surface area contributed by atoms with Crippen LogP contribution in [-0.2, 0) is 4.79 Å². The van der Waals surface area contributed by atoms with Crippen molar-refractivity contribution in [2.75, 3.05) is 5.32 Å². The highest BCUT2D eigenvalue weighted by molar-refractivity contribution is 6.09. The molecule has 0 radical (unpaired) electrons. The van der Waals surface area contributed by atoms with Gasteiger partial charge >= 0.3 is 0 Å². The Balaban J connectivity index is 2.18. The zero-order valence-corrected chi connectivity index (χ0v) is 10.5. The van der Waals surface area contributed by atoms with E-state index in [1.807, 2.05) is 12.1 Å². The molecule has 0 bridgehead atoms. The van der Waals surface area contributed by atoms with Crippen LogP contribution in [0.4, 0.5) is 10.1 Å². The van der Waals surface area contributed by atoms with Crippen molar-refractivity contribution in [3.63, 3.8) is 0 Å². The molecule has 0 aromatic heterocycles. The first-order chi connectivity index (χ1) is 9.69. The average molecular weight is 266 g/mol. The Kier molecular flexibility index (Phi) is 4.25. The van der Waals surface area contributed by atoms with Crippen molar-refractivity contribution in [2.45, 2.75) is 0 Å². The highest BCUT2D eigenvalue weighted by Crippen LogP contribution is 2.11. The fourth-order valence-corrected chi connectivity index (χ4v) is 1.59. The lowest BCUT2D eigenvalue weighted by Gasteiger charge is -2.03. The summed E-state index contributed by atoms with van der Waals surface area (Å²) in [5, 5.41) is 11.7. The second-order valence-electron chi connectivity index (χ2n) is 4.04. The van der Waals surface area contributed by atoms with Crippen LogP contribution in [0.1, 0.15) is 5.56 Å². The van der Waals surface area contributed by atoms with E-state index in [2.05, 4.69) is 5.32 Å². The number of halogens is 1. The first-order valence-electron chi connectivity index (χ1n) is 5.93. The lowest BCUT2D eigenvalue weighted by atomic mass is 10.1. The van der Waals surface area contributed by atoms with Crippen LogP contribution in [0.3, 0.4) is 0 Å². The number of nitrogens with zero attached hydrogens (tertiary/aromatic N) is 1. The summed E-state index contributed by atoms with van der Waals surface area (Å²) in [6.45, 7) is 0. The predicted molar refractivity (Wildman–Crippen MR) is 75.1 cm³/mol. The molecule has 0 aliphatic carbocycles. The summed E-state index contributed by atoms with van der Waals surface area (Å²) in [4.78, 5) is 11.9. The second kappa shape index (κ2) is 6.30. The van der Waals surface area contributed by atoms with Crippen LogP contribution in [0.25, 0.3) is 6.08 Å². The minimum absolute atomic E-state index is 0.0412. The molecule has 0 unspecified atom stereocenters. The van der Waals surface area contributed by atoms with Crippen LogP contribution in [0, 0.1) is 17.1 Å². The first kappa shape index (κ1) is 13.5. The number of hydrogen-bond donors (Lipinski definition) is 1. The molecule has 0 spiro atoms. The number of hydrogen-bond acceptors (Lipinski definition) is 2. The van der Waals surface area contributed by atoms with E-state index in [1.165, 1.54) is 30.3 Å². The van der Waals surface area contributed by atoms with E-state index in [-0.39, 0.29) is 11.4 Å². The Morgan fingerprint density at radius 1 is 1.10 bits per heavy atom. The van der Waals surface area contributed by atoms with E-state index in [1.54, 1.807) is 24.3 Å². The normalized spacial score (nSPS) is 10.7. The highest BCUT2D eigenvalue weighted by atomic mass is 19.1. The molecule has 1 amide bonds. The molecule has 0 saturated carbocycles. The molecule has 0 aliphatic rings. The number of anilines is 1. The van der Waals surface area contributed by atoms with Gasteiger partial charge in [-0.3, -0.25) is 4.79 Å². The summed E-state index contributed by atoms with van der Waals surface area (Å²) in [6, 6.07) is 16.2. The van der Waals surface area contributed by atoms with Crippen LogP contribution in [0.2, 0.25) is 0 Å². The van der Waals surface area contributed by atoms with Gasteiger partial charge in [-0.15, -0.1) is 0 Å². The van der Waals surface area contributed by atoms with Gasteiger partial charge in [0.2, 0.25) is 0 Å². The van der Waals surface area contributed by atoms with Gasteiger partial charge in [0, 0.05) is 5.69 Å². The number of nitrogens with one attached hydrogen (secondary N) is 1. The van der Waals surface area contributed by atoms with Gasteiger partial charge in [-0.05, 0) is 35.9 Å². The molecule has 3 nitrogen and oxygen atoms in total. The van der Waals surface area contributed by atoms with E-state index in [4.69, 9.17) is 5.26 Å². The van der Waals surface area contributed by atoms with Gasteiger partial charge in [-0.2, -0.15) is 5.26 Å². The van der Waals surface area contributed by atoms with Crippen molar-refractivity contribution < 1.29 is 9.18 Å². The Morgan fingerprint density at radius 3 is 2.35 bits per heavy atom. The van der Waals surface area contributed by atoms with Crippen LogP contribution >= 0.6 is 0 Å². The van der Waals surface area contributed by atoms with Gasteiger partial charge in [0.05, 0.1) is 0 Å². The summed E-state index contributed by atoms with van der Waals surface area (Å²) in [5.74, 6) is -0.864. The highest BCUT2D eigenvalue weighted by Gasteiger charge is 2.09. The largest absolute Gasteiger partial charge is 0.321 e. The third kappa shape index (κ3) is 3.53. The van der Waals surface area contributed by atoms with Crippen molar-refractivity contribution in [3.8, 4) is 6.07 Å². The minimum atomic E-state index is -0.497. The van der Waals surface area contributed by atoms with Crippen molar-refractivity contribution in [1.29, 1.82) is 5.26 Å². The maximum absolute atomic E-state index is 12.8. The zero-order valence-electron chi connectivity index (χ0n) is 10.5. The fraction of sp³-hybridized carbons (Fsp3) is 0. The number of carbonyl (C=O) groups is 1. The Bertz CT molecular complexity index is 670. The lowest BCUT2D eigenvalue weighted by molar-refractivity contribution is -0.112. The second-order valence-corrected chi connectivity index (χ2v) is 4.04. The summed E-state index contributed by atoms with van der Waals surface area (Å²) in [6.07, 6.45) is 1.41. The van der Waals surface area contributed by atoms with Gasteiger partial charge in [0.1, 0.15) is 17.5 Å². The third-order valence-electron chi connectivity index (χ3n) is 2.58. The molecule has 0 saturated heterocycles. The number of para-hydroxylation sites is 1. The molecule has 0 heterocycles. The minimum Gasteiger partial charge on any atom is -0.321 e. The standard InChI is InChI=1S/C16H11FN2O/c17-14-8-6-12(7-9-14)10-13(11-18)16(20)19-15-4-2-1-3-5-15/h1-10H,(H,19,20).